The Kier molecular flexibility index (Phi) is 3.96. The van der Waals surface area contributed by atoms with Crippen molar-refractivity contribution in [2.75, 3.05) is 5.32 Å². The highest BCUT2D eigenvalue weighted by Gasteiger charge is 2.16. The Morgan fingerprint density at radius 3 is 2.88 bits per heavy atom. The maximum absolute atomic E-state index is 5.85. The predicted molar refractivity (Wildman–Crippen MR) is 67.3 cm³/mol. The second-order valence-corrected chi connectivity index (χ2v) is 5.12. The summed E-state index contributed by atoms with van der Waals surface area (Å²) < 4.78 is 5.39. The molecule has 1 N–H and O–H groups in total. The summed E-state index contributed by atoms with van der Waals surface area (Å²) in [6.07, 6.45) is 2.67. The summed E-state index contributed by atoms with van der Waals surface area (Å²) in [7, 11) is 0. The fraction of sp³-hybridized carbons (Fsp3) is 0.500. The molecular weight excluding hydrogens is 260 g/mol. The van der Waals surface area contributed by atoms with Crippen LogP contribution in [0.2, 0.25) is 0 Å². The van der Waals surface area contributed by atoms with Crippen LogP contribution in [0.1, 0.15) is 42.6 Å². The zero-order chi connectivity index (χ0) is 12.3. The van der Waals surface area contributed by atoms with E-state index in [2.05, 4.69) is 27.4 Å². The van der Waals surface area contributed by atoms with Gasteiger partial charge in [0, 0.05) is 11.6 Å². The second kappa shape index (κ2) is 5.46. The molecule has 0 bridgehead atoms. The largest absolute Gasteiger partial charge is 0.406 e. The summed E-state index contributed by atoms with van der Waals surface area (Å²) in [5.74, 6) is 0.420. The van der Waals surface area contributed by atoms with Crippen LogP contribution in [-0.4, -0.2) is 15.2 Å². The van der Waals surface area contributed by atoms with Crippen molar-refractivity contribution in [1.82, 2.24) is 15.2 Å². The van der Waals surface area contributed by atoms with Gasteiger partial charge in [0.1, 0.15) is 10.4 Å². The van der Waals surface area contributed by atoms with E-state index in [-0.39, 0.29) is 11.4 Å². The van der Waals surface area contributed by atoms with Crippen LogP contribution in [0.15, 0.2) is 16.0 Å². The normalized spacial score (nSPS) is 14.5. The first kappa shape index (κ1) is 12.3. The van der Waals surface area contributed by atoms with Gasteiger partial charge in [0.2, 0.25) is 5.89 Å². The van der Waals surface area contributed by atoms with Gasteiger partial charge in [0.25, 0.3) is 0 Å². The van der Waals surface area contributed by atoms with Crippen molar-refractivity contribution in [2.24, 2.45) is 0 Å². The number of hydrogen-bond donors (Lipinski definition) is 1. The van der Waals surface area contributed by atoms with E-state index in [4.69, 9.17) is 16.0 Å². The molecule has 0 aliphatic rings. The van der Waals surface area contributed by atoms with E-state index >= 15 is 0 Å². The molecule has 2 heterocycles. The summed E-state index contributed by atoms with van der Waals surface area (Å²) in [6.45, 7) is 3.86. The van der Waals surface area contributed by atoms with Gasteiger partial charge in [-0.1, -0.05) is 12.0 Å². The molecule has 0 amide bonds. The Bertz CT molecular complexity index is 457. The molecule has 0 saturated carbocycles. The molecule has 0 aliphatic carbocycles. The summed E-state index contributed by atoms with van der Waals surface area (Å²) in [5.41, 5.74) is 0. The van der Waals surface area contributed by atoms with Crippen molar-refractivity contribution >= 4 is 29.0 Å². The van der Waals surface area contributed by atoms with Crippen molar-refractivity contribution < 1.29 is 4.42 Å². The summed E-state index contributed by atoms with van der Waals surface area (Å²) in [4.78, 5) is 4.27. The lowest BCUT2D eigenvalue weighted by Gasteiger charge is -2.11. The van der Waals surface area contributed by atoms with Gasteiger partial charge < -0.3 is 9.73 Å². The maximum Gasteiger partial charge on any atom is 0.316 e. The van der Waals surface area contributed by atoms with Gasteiger partial charge in [-0.15, -0.1) is 28.0 Å². The van der Waals surface area contributed by atoms with Gasteiger partial charge in [0.15, 0.2) is 0 Å². The Morgan fingerprint density at radius 1 is 1.53 bits per heavy atom. The van der Waals surface area contributed by atoms with E-state index in [1.165, 1.54) is 0 Å². The molecule has 0 radical (unpaired) electrons. The number of hydrogen-bond acceptors (Lipinski definition) is 6. The summed E-state index contributed by atoms with van der Waals surface area (Å²) in [6, 6.07) is 0.475. The monoisotopic (exact) mass is 272 g/mol. The smallest absolute Gasteiger partial charge is 0.316 e. The first-order chi connectivity index (χ1) is 8.20. The third-order valence-corrected chi connectivity index (χ3v) is 3.31. The molecule has 2 rings (SSSR count). The highest BCUT2D eigenvalue weighted by molar-refractivity contribution is 7.09. The van der Waals surface area contributed by atoms with Gasteiger partial charge in [-0.3, -0.25) is 0 Å². The van der Waals surface area contributed by atoms with E-state index < -0.39 is 0 Å². The Morgan fingerprint density at radius 2 is 2.35 bits per heavy atom. The van der Waals surface area contributed by atoms with E-state index in [1.807, 2.05) is 5.38 Å². The molecule has 2 unspecified atom stereocenters. The van der Waals surface area contributed by atoms with Crippen molar-refractivity contribution in [3.05, 3.63) is 22.5 Å². The number of thiazole rings is 1. The number of halogens is 1. The lowest BCUT2D eigenvalue weighted by Crippen LogP contribution is -2.09. The molecule has 5 nitrogen and oxygen atoms in total. The standard InChI is InChI=1S/C10H13ClN4OS/c1-3-7(9-12-4-5-17-9)13-10-15-14-8(16-10)6(2)11/h4-7H,3H2,1-2H3,(H,13,15). The van der Waals surface area contributed by atoms with Crippen LogP contribution < -0.4 is 5.32 Å². The average Bonchev–Trinajstić information content (AvgIpc) is 2.96. The topological polar surface area (TPSA) is 63.8 Å². The molecule has 0 fully saturated rings. The molecule has 2 atom stereocenters. The Hall–Kier alpha value is -1.14. The van der Waals surface area contributed by atoms with Gasteiger partial charge in [-0.2, -0.15) is 0 Å². The van der Waals surface area contributed by atoms with Gasteiger partial charge in [-0.25, -0.2) is 4.98 Å². The number of anilines is 1. The minimum absolute atomic E-state index is 0.0916. The van der Waals surface area contributed by atoms with Crippen LogP contribution >= 0.6 is 22.9 Å². The van der Waals surface area contributed by atoms with Gasteiger partial charge in [-0.05, 0) is 13.3 Å². The quantitative estimate of drug-likeness (QED) is 0.845. The second-order valence-electron chi connectivity index (χ2n) is 3.54. The maximum atomic E-state index is 5.85. The van der Waals surface area contributed by atoms with E-state index in [1.54, 1.807) is 24.5 Å². The van der Waals surface area contributed by atoms with Crippen LogP contribution in [0, 0.1) is 0 Å². The van der Waals surface area contributed by atoms with E-state index in [9.17, 15) is 0 Å². The number of nitrogens with one attached hydrogen (secondary N) is 1. The van der Waals surface area contributed by atoms with E-state index in [0.29, 0.717) is 11.9 Å². The number of aromatic nitrogens is 3. The van der Waals surface area contributed by atoms with Crippen molar-refractivity contribution in [3.63, 3.8) is 0 Å². The van der Waals surface area contributed by atoms with Gasteiger partial charge >= 0.3 is 6.01 Å². The van der Waals surface area contributed by atoms with Crippen LogP contribution in [0.5, 0.6) is 0 Å². The minimum Gasteiger partial charge on any atom is -0.406 e. The molecule has 17 heavy (non-hydrogen) atoms. The molecular formula is C10H13ClN4OS. The molecule has 0 aromatic carbocycles. The first-order valence-electron chi connectivity index (χ1n) is 5.34. The Labute approximate surface area is 108 Å². The lowest BCUT2D eigenvalue weighted by atomic mass is 10.2. The molecule has 0 saturated heterocycles. The van der Waals surface area contributed by atoms with Crippen molar-refractivity contribution in [2.45, 2.75) is 31.7 Å². The molecule has 92 valence electrons. The highest BCUT2D eigenvalue weighted by Crippen LogP contribution is 2.25. The van der Waals surface area contributed by atoms with Crippen molar-refractivity contribution in [3.8, 4) is 0 Å². The summed E-state index contributed by atoms with van der Waals surface area (Å²) in [5, 5.41) is 13.6. The molecule has 2 aromatic heterocycles. The third kappa shape index (κ3) is 2.95. The fourth-order valence-electron chi connectivity index (χ4n) is 1.35. The molecule has 0 spiro atoms. The zero-order valence-electron chi connectivity index (χ0n) is 9.55. The predicted octanol–water partition coefficient (Wildman–Crippen LogP) is 3.39. The molecule has 0 aliphatic heterocycles. The third-order valence-electron chi connectivity index (χ3n) is 2.24. The van der Waals surface area contributed by atoms with E-state index in [0.717, 1.165) is 11.4 Å². The van der Waals surface area contributed by atoms with Crippen LogP contribution in [-0.2, 0) is 0 Å². The number of nitrogens with zero attached hydrogens (tertiary/aromatic N) is 3. The minimum atomic E-state index is -0.280. The highest BCUT2D eigenvalue weighted by atomic mass is 35.5. The molecule has 2 aromatic rings. The number of alkyl halides is 1. The lowest BCUT2D eigenvalue weighted by molar-refractivity contribution is 0.498. The summed E-state index contributed by atoms with van der Waals surface area (Å²) >= 11 is 7.45. The fourth-order valence-corrected chi connectivity index (χ4v) is 2.21. The van der Waals surface area contributed by atoms with Crippen molar-refractivity contribution in [1.29, 1.82) is 0 Å². The molecule has 7 heteroatoms. The van der Waals surface area contributed by atoms with Gasteiger partial charge in [0.05, 0.1) is 6.04 Å². The number of rotatable bonds is 5. The Balaban J connectivity index is 2.08. The SMILES string of the molecule is CCC(Nc1nnc(C(C)Cl)o1)c1nccs1. The average molecular weight is 273 g/mol. The van der Waals surface area contributed by atoms with Crippen LogP contribution in [0.25, 0.3) is 0 Å². The van der Waals surface area contributed by atoms with Crippen LogP contribution in [0.4, 0.5) is 6.01 Å². The van der Waals surface area contributed by atoms with Crippen LogP contribution in [0.3, 0.4) is 0 Å². The zero-order valence-corrected chi connectivity index (χ0v) is 11.1. The first-order valence-corrected chi connectivity index (χ1v) is 6.65.